The number of unbranched alkanes of at least 4 members (excludes halogenated alkanes) is 1. The van der Waals surface area contributed by atoms with Gasteiger partial charge in [-0.25, -0.2) is 18.0 Å². The quantitative estimate of drug-likeness (QED) is 0.164. The summed E-state index contributed by atoms with van der Waals surface area (Å²) >= 11 is 0. The standard InChI is InChI=1S/C35H49N3O12S/c1-35(2,13-6-7-16-46-33(41)36-14-15-39)22-38(51(43,44)25-10-11-29-30(19-25)49-23-48-29)20-28(40)27(18-24-8-4-3-5-9-24)37-34(42)50-31-21-47-32-26(31)12-17-45-32/h3-5,8-11,19,26-28,31-32,39-40H,6-7,12-18,20-23H2,1-2H3,(H,36,41)(H,37,42)/t26-,27-,28+,31-,32+/m0/s1. The fourth-order valence-corrected chi connectivity index (χ4v) is 8.09. The van der Waals surface area contributed by atoms with E-state index in [4.69, 9.17) is 33.5 Å². The van der Waals surface area contributed by atoms with Crippen molar-refractivity contribution < 1.29 is 56.6 Å². The fraction of sp³-hybridized carbons (Fsp3) is 0.600. The van der Waals surface area contributed by atoms with Crippen molar-refractivity contribution in [2.24, 2.45) is 11.3 Å². The van der Waals surface area contributed by atoms with Gasteiger partial charge in [0.1, 0.15) is 6.10 Å². The highest BCUT2D eigenvalue weighted by atomic mass is 32.2. The molecular formula is C35H49N3O12S. The predicted octanol–water partition coefficient (Wildman–Crippen LogP) is 2.78. The zero-order chi connectivity index (χ0) is 36.4. The normalized spacial score (nSPS) is 20.8. The minimum Gasteiger partial charge on any atom is -0.454 e. The van der Waals surface area contributed by atoms with Gasteiger partial charge < -0.3 is 49.3 Å². The van der Waals surface area contributed by atoms with E-state index in [1.165, 1.54) is 22.5 Å². The number of sulfonamides is 1. The lowest BCUT2D eigenvalue weighted by Gasteiger charge is -2.35. The van der Waals surface area contributed by atoms with Gasteiger partial charge in [0.05, 0.1) is 49.4 Å². The van der Waals surface area contributed by atoms with Crippen molar-refractivity contribution in [2.45, 2.75) is 75.4 Å². The smallest absolute Gasteiger partial charge is 0.407 e. The first kappa shape index (κ1) is 38.6. The Kier molecular flexibility index (Phi) is 13.4. The molecule has 0 bridgehead atoms. The number of carbonyl (C=O) groups excluding carboxylic acids is 2. The van der Waals surface area contributed by atoms with Gasteiger partial charge in [-0.2, -0.15) is 4.31 Å². The van der Waals surface area contributed by atoms with E-state index in [-0.39, 0.29) is 63.5 Å². The third-order valence-electron chi connectivity index (χ3n) is 9.15. The number of alkyl carbamates (subject to hydrolysis) is 2. The second-order valence-corrected chi connectivity index (χ2v) is 15.6. The summed E-state index contributed by atoms with van der Waals surface area (Å²) in [6.07, 6.45) is -0.957. The number of hydrogen-bond acceptors (Lipinski definition) is 12. The van der Waals surface area contributed by atoms with Crippen LogP contribution in [0.1, 0.15) is 45.1 Å². The topological polar surface area (TPSA) is 191 Å². The van der Waals surface area contributed by atoms with E-state index in [9.17, 15) is 23.1 Å². The zero-order valence-corrected chi connectivity index (χ0v) is 29.8. The number of carbonyl (C=O) groups is 2. The fourth-order valence-electron chi connectivity index (χ4n) is 6.43. The Labute approximate surface area is 298 Å². The molecule has 0 saturated carbocycles. The van der Waals surface area contributed by atoms with E-state index in [1.54, 1.807) is 0 Å². The molecule has 4 N–H and O–H groups in total. The Balaban J connectivity index is 1.31. The lowest BCUT2D eigenvalue weighted by atomic mass is 9.87. The Morgan fingerprint density at radius 1 is 1.06 bits per heavy atom. The van der Waals surface area contributed by atoms with Crippen LogP contribution in [0.2, 0.25) is 0 Å². The van der Waals surface area contributed by atoms with Crippen molar-refractivity contribution >= 4 is 22.2 Å². The molecule has 0 radical (unpaired) electrons. The van der Waals surface area contributed by atoms with Crippen LogP contribution < -0.4 is 20.1 Å². The van der Waals surface area contributed by atoms with Gasteiger partial charge >= 0.3 is 12.2 Å². The summed E-state index contributed by atoms with van der Waals surface area (Å²) < 4.78 is 62.7. The first-order chi connectivity index (χ1) is 24.4. The molecule has 0 unspecified atom stereocenters. The van der Waals surface area contributed by atoms with Crippen molar-refractivity contribution in [1.82, 2.24) is 14.9 Å². The maximum Gasteiger partial charge on any atom is 0.407 e. The molecule has 16 heteroatoms. The molecule has 2 aromatic rings. The average molecular weight is 736 g/mol. The molecule has 0 spiro atoms. The molecule has 2 fully saturated rings. The van der Waals surface area contributed by atoms with Crippen LogP contribution in [0.5, 0.6) is 11.5 Å². The van der Waals surface area contributed by atoms with Gasteiger partial charge in [0.25, 0.3) is 0 Å². The molecule has 5 rings (SSSR count). The molecular weight excluding hydrogens is 686 g/mol. The minimum atomic E-state index is -4.20. The maximum absolute atomic E-state index is 14.3. The van der Waals surface area contributed by atoms with Crippen LogP contribution in [0, 0.1) is 11.3 Å². The second kappa shape index (κ2) is 17.7. The summed E-state index contributed by atoms with van der Waals surface area (Å²) in [5.41, 5.74) is 0.249. The molecule has 2 aromatic carbocycles. The SMILES string of the molecule is CC(C)(CCCCOC(=O)NCCO)CN(C[C@@H](O)[C@H](Cc1ccccc1)NC(=O)O[C@H]1CO[C@H]2OCC[C@H]21)S(=O)(=O)c1ccc2c(c1)OCO2. The summed E-state index contributed by atoms with van der Waals surface area (Å²) in [4.78, 5) is 24.9. The number of ether oxygens (including phenoxy) is 6. The molecule has 3 aliphatic heterocycles. The number of hydrogen-bond donors (Lipinski definition) is 4. The van der Waals surface area contributed by atoms with Crippen LogP contribution in [0.4, 0.5) is 9.59 Å². The maximum atomic E-state index is 14.3. The molecule has 5 atom stereocenters. The molecule has 0 aliphatic carbocycles. The summed E-state index contributed by atoms with van der Waals surface area (Å²) in [7, 11) is -4.20. The Bertz CT molecular complexity index is 1560. The van der Waals surface area contributed by atoms with Gasteiger partial charge in [-0.1, -0.05) is 44.2 Å². The Morgan fingerprint density at radius 2 is 1.84 bits per heavy atom. The monoisotopic (exact) mass is 735 g/mol. The number of aliphatic hydroxyl groups is 2. The van der Waals surface area contributed by atoms with Crippen molar-refractivity contribution in [3.05, 3.63) is 54.1 Å². The lowest BCUT2D eigenvalue weighted by Crippen LogP contribution is -2.52. The van der Waals surface area contributed by atoms with Crippen LogP contribution in [0.3, 0.4) is 0 Å². The van der Waals surface area contributed by atoms with Crippen LogP contribution in [-0.2, 0) is 35.4 Å². The molecule has 3 heterocycles. The lowest BCUT2D eigenvalue weighted by molar-refractivity contribution is -0.0907. The van der Waals surface area contributed by atoms with E-state index < -0.39 is 52.2 Å². The van der Waals surface area contributed by atoms with E-state index in [0.717, 1.165) is 5.56 Å². The number of rotatable bonds is 18. The van der Waals surface area contributed by atoms with Gasteiger partial charge in [-0.3, -0.25) is 0 Å². The first-order valence-electron chi connectivity index (χ1n) is 17.3. The zero-order valence-electron chi connectivity index (χ0n) is 29.0. The van der Waals surface area contributed by atoms with Gasteiger partial charge in [-0.15, -0.1) is 0 Å². The first-order valence-corrected chi connectivity index (χ1v) is 18.7. The van der Waals surface area contributed by atoms with Gasteiger partial charge in [0.15, 0.2) is 17.8 Å². The summed E-state index contributed by atoms with van der Waals surface area (Å²) in [5, 5.41) is 25.9. The van der Waals surface area contributed by atoms with Crippen molar-refractivity contribution in [3.63, 3.8) is 0 Å². The summed E-state index contributed by atoms with van der Waals surface area (Å²) in [6.45, 7) is 4.32. The molecule has 2 saturated heterocycles. The molecule has 3 aliphatic rings. The van der Waals surface area contributed by atoms with Crippen LogP contribution >= 0.6 is 0 Å². The van der Waals surface area contributed by atoms with E-state index in [0.29, 0.717) is 43.8 Å². The number of nitrogens with one attached hydrogen (secondary N) is 2. The number of nitrogens with zero attached hydrogens (tertiary/aromatic N) is 1. The van der Waals surface area contributed by atoms with Crippen molar-refractivity contribution in [1.29, 1.82) is 0 Å². The average Bonchev–Trinajstić information content (AvgIpc) is 3.86. The largest absolute Gasteiger partial charge is 0.454 e. The van der Waals surface area contributed by atoms with Gasteiger partial charge in [0, 0.05) is 25.7 Å². The minimum absolute atomic E-state index is 0.0224. The van der Waals surface area contributed by atoms with E-state index in [2.05, 4.69) is 10.6 Å². The van der Waals surface area contributed by atoms with Gasteiger partial charge in [-0.05, 0) is 55.2 Å². The predicted molar refractivity (Wildman–Crippen MR) is 183 cm³/mol. The molecule has 282 valence electrons. The van der Waals surface area contributed by atoms with E-state index >= 15 is 0 Å². The third-order valence-corrected chi connectivity index (χ3v) is 11.0. The summed E-state index contributed by atoms with van der Waals surface area (Å²) in [6, 6.07) is 12.7. The highest BCUT2D eigenvalue weighted by molar-refractivity contribution is 7.89. The highest BCUT2D eigenvalue weighted by Gasteiger charge is 2.44. The van der Waals surface area contributed by atoms with Gasteiger partial charge in [0.2, 0.25) is 16.8 Å². The van der Waals surface area contributed by atoms with E-state index in [1.807, 2.05) is 44.2 Å². The summed E-state index contributed by atoms with van der Waals surface area (Å²) in [5.74, 6) is 0.658. The van der Waals surface area contributed by atoms with Crippen LogP contribution in [-0.4, -0.2) is 113 Å². The van der Waals surface area contributed by atoms with Crippen molar-refractivity contribution in [2.75, 3.05) is 52.9 Å². The van der Waals surface area contributed by atoms with Crippen LogP contribution in [0.15, 0.2) is 53.4 Å². The second-order valence-electron chi connectivity index (χ2n) is 13.7. The van der Waals surface area contributed by atoms with Crippen molar-refractivity contribution in [3.8, 4) is 11.5 Å². The number of aliphatic hydroxyl groups excluding tert-OH is 2. The molecule has 51 heavy (non-hydrogen) atoms. The number of benzene rings is 2. The Morgan fingerprint density at radius 3 is 2.63 bits per heavy atom. The molecule has 15 nitrogen and oxygen atoms in total. The molecule has 0 aromatic heterocycles. The number of fused-ring (bicyclic) bond motifs is 2. The Hall–Kier alpha value is -3.67. The third kappa shape index (κ3) is 10.7. The van der Waals surface area contributed by atoms with Crippen LogP contribution in [0.25, 0.3) is 0 Å². The molecule has 2 amide bonds. The number of amides is 2. The highest BCUT2D eigenvalue weighted by Crippen LogP contribution is 2.36.